The van der Waals surface area contributed by atoms with Crippen LogP contribution in [0.25, 0.3) is 0 Å². The number of nitrogens with two attached hydrogens (primary N) is 1. The quantitative estimate of drug-likeness (QED) is 0.548. The summed E-state index contributed by atoms with van der Waals surface area (Å²) < 4.78 is 38.8. The molecular weight excluding hydrogens is 187 g/mol. The summed E-state index contributed by atoms with van der Waals surface area (Å²) in [4.78, 5) is 3.52. The van der Waals surface area contributed by atoms with Gasteiger partial charge in [0.05, 0.1) is 0 Å². The van der Waals surface area contributed by atoms with Gasteiger partial charge in [0.25, 0.3) is 0 Å². The van der Waals surface area contributed by atoms with Crippen LogP contribution in [0.4, 0.5) is 19.0 Å². The van der Waals surface area contributed by atoms with Gasteiger partial charge in [-0.15, -0.1) is 13.2 Å². The van der Waals surface area contributed by atoms with Gasteiger partial charge in [-0.05, 0) is 12.1 Å². The lowest BCUT2D eigenvalue weighted by molar-refractivity contribution is -0.274. The zero-order chi connectivity index (χ0) is 9.90. The third-order valence-corrected chi connectivity index (χ3v) is 1.13. The number of hydrogen-bond donors (Lipinski definition) is 2. The van der Waals surface area contributed by atoms with E-state index < -0.39 is 12.1 Å². The zero-order valence-corrected chi connectivity index (χ0v) is 6.30. The predicted octanol–water partition coefficient (Wildman–Crippen LogP) is 1.27. The molecule has 0 bridgehead atoms. The van der Waals surface area contributed by atoms with Crippen molar-refractivity contribution >= 4 is 5.82 Å². The van der Waals surface area contributed by atoms with Crippen LogP contribution in [0.15, 0.2) is 18.3 Å². The lowest BCUT2D eigenvalue weighted by Crippen LogP contribution is -2.19. The summed E-state index contributed by atoms with van der Waals surface area (Å²) in [5, 5.41) is 0. The molecule has 1 heterocycles. The van der Waals surface area contributed by atoms with Crippen molar-refractivity contribution < 1.29 is 17.9 Å². The van der Waals surface area contributed by atoms with E-state index in [1.54, 1.807) is 0 Å². The number of hydrazine groups is 1. The number of anilines is 1. The molecule has 0 fully saturated rings. The first-order valence-corrected chi connectivity index (χ1v) is 3.20. The Kier molecular flexibility index (Phi) is 2.57. The molecule has 1 aromatic heterocycles. The summed E-state index contributed by atoms with van der Waals surface area (Å²) in [6.07, 6.45) is -3.45. The maximum Gasteiger partial charge on any atom is 0.573 e. The Labute approximate surface area is 71.5 Å². The highest BCUT2D eigenvalue weighted by atomic mass is 19.4. The van der Waals surface area contributed by atoms with E-state index in [1.165, 1.54) is 12.3 Å². The summed E-state index contributed by atoms with van der Waals surface area (Å²) in [5.41, 5.74) is 1.98. The maximum absolute atomic E-state index is 11.7. The minimum absolute atomic E-state index is 0.167. The fourth-order valence-corrected chi connectivity index (χ4v) is 0.706. The topological polar surface area (TPSA) is 60.2 Å². The molecule has 0 radical (unpaired) electrons. The van der Waals surface area contributed by atoms with Crippen molar-refractivity contribution in [1.82, 2.24) is 4.98 Å². The standard InChI is InChI=1S/C6H6F3N3O/c7-6(8,9)13-4-2-1-3-11-5(4)12-10/h1-3H,10H2,(H,11,12). The van der Waals surface area contributed by atoms with Gasteiger partial charge >= 0.3 is 6.36 Å². The first-order valence-electron chi connectivity index (χ1n) is 3.20. The van der Waals surface area contributed by atoms with Crippen molar-refractivity contribution in [2.24, 2.45) is 5.84 Å². The first-order chi connectivity index (χ1) is 6.03. The molecule has 0 atom stereocenters. The SMILES string of the molecule is NNc1ncccc1OC(F)(F)F. The van der Waals surface area contributed by atoms with E-state index in [0.717, 1.165) is 6.07 Å². The van der Waals surface area contributed by atoms with Gasteiger partial charge in [-0.2, -0.15) is 0 Å². The van der Waals surface area contributed by atoms with Gasteiger partial charge in [-0.25, -0.2) is 10.8 Å². The summed E-state index contributed by atoms with van der Waals surface area (Å²) in [6.45, 7) is 0. The van der Waals surface area contributed by atoms with Gasteiger partial charge in [0.1, 0.15) is 0 Å². The highest BCUT2D eigenvalue weighted by Gasteiger charge is 2.32. The number of ether oxygens (including phenoxy) is 1. The van der Waals surface area contributed by atoms with Gasteiger partial charge in [0.2, 0.25) is 0 Å². The number of nitrogens with one attached hydrogen (secondary N) is 1. The second-order valence-corrected chi connectivity index (χ2v) is 2.04. The van der Waals surface area contributed by atoms with E-state index in [4.69, 9.17) is 5.84 Å². The summed E-state index contributed by atoms with van der Waals surface area (Å²) >= 11 is 0. The van der Waals surface area contributed by atoms with E-state index in [0.29, 0.717) is 0 Å². The number of aromatic nitrogens is 1. The van der Waals surface area contributed by atoms with Gasteiger partial charge in [-0.3, -0.25) is 0 Å². The Balaban J connectivity index is 2.87. The third kappa shape index (κ3) is 2.79. The highest BCUT2D eigenvalue weighted by Crippen LogP contribution is 2.27. The first kappa shape index (κ1) is 9.59. The van der Waals surface area contributed by atoms with E-state index in [2.05, 4.69) is 9.72 Å². The number of alkyl halides is 3. The van der Waals surface area contributed by atoms with Crippen molar-refractivity contribution in [2.45, 2.75) is 6.36 Å². The molecule has 1 rings (SSSR count). The Hall–Kier alpha value is -1.50. The molecule has 0 saturated carbocycles. The van der Waals surface area contributed by atoms with Crippen molar-refractivity contribution in [1.29, 1.82) is 0 Å². The second-order valence-electron chi connectivity index (χ2n) is 2.04. The van der Waals surface area contributed by atoms with Crippen LogP contribution in [-0.2, 0) is 0 Å². The Morgan fingerprint density at radius 2 is 2.15 bits per heavy atom. The number of rotatable bonds is 2. The molecule has 0 spiro atoms. The van der Waals surface area contributed by atoms with Crippen molar-refractivity contribution in [3.8, 4) is 5.75 Å². The molecule has 0 amide bonds. The van der Waals surface area contributed by atoms with Crippen LogP contribution >= 0.6 is 0 Å². The molecule has 0 aliphatic rings. The lowest BCUT2D eigenvalue weighted by atomic mass is 10.4. The molecule has 0 aromatic carbocycles. The minimum atomic E-state index is -4.74. The summed E-state index contributed by atoms with van der Waals surface area (Å²) in [5.74, 6) is 4.28. The van der Waals surface area contributed by atoms with Crippen molar-refractivity contribution in [2.75, 3.05) is 5.43 Å². The Morgan fingerprint density at radius 1 is 1.46 bits per heavy atom. The third-order valence-electron chi connectivity index (χ3n) is 1.13. The van der Waals surface area contributed by atoms with E-state index in [9.17, 15) is 13.2 Å². The van der Waals surface area contributed by atoms with Crippen LogP contribution in [0.1, 0.15) is 0 Å². The number of halogens is 3. The van der Waals surface area contributed by atoms with Crippen LogP contribution in [0.5, 0.6) is 5.75 Å². The number of hydrogen-bond acceptors (Lipinski definition) is 4. The predicted molar refractivity (Wildman–Crippen MR) is 38.7 cm³/mol. The molecule has 7 heteroatoms. The molecular formula is C6H6F3N3O. The zero-order valence-electron chi connectivity index (χ0n) is 6.30. The van der Waals surface area contributed by atoms with E-state index in [1.807, 2.05) is 5.43 Å². The molecule has 0 aliphatic heterocycles. The van der Waals surface area contributed by atoms with Crippen LogP contribution < -0.4 is 16.0 Å². The van der Waals surface area contributed by atoms with Gasteiger partial charge in [0.15, 0.2) is 11.6 Å². The van der Waals surface area contributed by atoms with Crippen LogP contribution in [0.2, 0.25) is 0 Å². The average Bonchev–Trinajstić information content (AvgIpc) is 2.02. The molecule has 3 N–H and O–H groups in total. The molecule has 72 valence electrons. The number of nitrogen functional groups attached to an aromatic ring is 1. The Morgan fingerprint density at radius 3 is 2.69 bits per heavy atom. The largest absolute Gasteiger partial charge is 0.573 e. The van der Waals surface area contributed by atoms with Gasteiger partial charge in [0, 0.05) is 6.20 Å². The lowest BCUT2D eigenvalue weighted by Gasteiger charge is -2.10. The molecule has 0 aliphatic carbocycles. The Bertz CT molecular complexity index is 289. The molecule has 1 aromatic rings. The monoisotopic (exact) mass is 193 g/mol. The van der Waals surface area contributed by atoms with Crippen LogP contribution in [0, 0.1) is 0 Å². The van der Waals surface area contributed by atoms with Crippen molar-refractivity contribution in [3.63, 3.8) is 0 Å². The summed E-state index contributed by atoms with van der Waals surface area (Å²) in [6, 6.07) is 2.41. The van der Waals surface area contributed by atoms with Crippen LogP contribution in [0.3, 0.4) is 0 Å². The molecule has 4 nitrogen and oxygen atoms in total. The van der Waals surface area contributed by atoms with Crippen molar-refractivity contribution in [3.05, 3.63) is 18.3 Å². The minimum Gasteiger partial charge on any atom is -0.402 e. The van der Waals surface area contributed by atoms with E-state index in [-0.39, 0.29) is 5.82 Å². The van der Waals surface area contributed by atoms with Gasteiger partial charge < -0.3 is 10.2 Å². The summed E-state index contributed by atoms with van der Waals surface area (Å²) in [7, 11) is 0. The van der Waals surface area contributed by atoms with E-state index >= 15 is 0 Å². The fraction of sp³-hybridized carbons (Fsp3) is 0.167. The smallest absolute Gasteiger partial charge is 0.402 e. The molecule has 0 saturated heterocycles. The normalized spacial score (nSPS) is 11.1. The highest BCUT2D eigenvalue weighted by molar-refractivity contribution is 5.48. The number of pyridine rings is 1. The second kappa shape index (κ2) is 3.48. The maximum atomic E-state index is 11.7. The fourth-order valence-electron chi connectivity index (χ4n) is 0.706. The van der Waals surface area contributed by atoms with Crippen LogP contribution in [-0.4, -0.2) is 11.3 Å². The molecule has 0 unspecified atom stereocenters. The number of nitrogens with zero attached hydrogens (tertiary/aromatic N) is 1. The average molecular weight is 193 g/mol. The molecule has 13 heavy (non-hydrogen) atoms. The van der Waals surface area contributed by atoms with Gasteiger partial charge in [-0.1, -0.05) is 0 Å².